The van der Waals surface area contributed by atoms with Crippen LogP contribution in [0.4, 0.5) is 0 Å². The summed E-state index contributed by atoms with van der Waals surface area (Å²) in [5.41, 5.74) is 1.44. The smallest absolute Gasteiger partial charge is 0.276 e. The topological polar surface area (TPSA) is 104 Å². The van der Waals surface area contributed by atoms with Crippen LogP contribution in [-0.4, -0.2) is 45.0 Å². The molecule has 1 aliphatic rings. The van der Waals surface area contributed by atoms with Crippen molar-refractivity contribution in [1.29, 1.82) is 0 Å². The number of hydrogen-bond donors (Lipinski definition) is 2. The Bertz CT molecular complexity index is 771. The third-order valence-electron chi connectivity index (χ3n) is 4.45. The Balaban J connectivity index is 1.62. The predicted octanol–water partition coefficient (Wildman–Crippen LogP) is 1.82. The fourth-order valence-electron chi connectivity index (χ4n) is 2.87. The van der Waals surface area contributed by atoms with Crippen LogP contribution >= 0.6 is 0 Å². The van der Waals surface area contributed by atoms with Gasteiger partial charge in [0.15, 0.2) is 5.69 Å². The highest BCUT2D eigenvalue weighted by Crippen LogP contribution is 2.19. The number of oxazole rings is 1. The molecule has 25 heavy (non-hydrogen) atoms. The van der Waals surface area contributed by atoms with Crippen molar-refractivity contribution in [1.82, 2.24) is 25.4 Å². The molecule has 1 aliphatic heterocycles. The number of nitrogens with one attached hydrogen (secondary N) is 2. The van der Waals surface area contributed by atoms with Crippen LogP contribution in [0.3, 0.4) is 0 Å². The molecule has 2 aromatic heterocycles. The SMILES string of the molecule is Cc1cc(C(=O)NCc2nc(C(=O)N3CCC(C)CC3)c(C)o2)n[nH]1. The molecule has 0 radical (unpaired) electrons. The first-order valence-electron chi connectivity index (χ1n) is 8.50. The van der Waals surface area contributed by atoms with E-state index in [0.29, 0.717) is 29.0 Å². The quantitative estimate of drug-likeness (QED) is 0.879. The summed E-state index contributed by atoms with van der Waals surface area (Å²) < 4.78 is 5.54. The molecule has 1 saturated heterocycles. The van der Waals surface area contributed by atoms with Crippen LogP contribution in [0.5, 0.6) is 0 Å². The average molecular weight is 345 g/mol. The summed E-state index contributed by atoms with van der Waals surface area (Å²) in [6.07, 6.45) is 2.02. The molecule has 2 aromatic rings. The van der Waals surface area contributed by atoms with Crippen molar-refractivity contribution < 1.29 is 14.0 Å². The number of aryl methyl sites for hydroxylation is 2. The van der Waals surface area contributed by atoms with Crippen molar-refractivity contribution in [2.24, 2.45) is 5.92 Å². The molecule has 0 bridgehead atoms. The molecule has 0 aromatic carbocycles. The van der Waals surface area contributed by atoms with Crippen molar-refractivity contribution in [2.75, 3.05) is 13.1 Å². The lowest BCUT2D eigenvalue weighted by atomic mass is 9.99. The summed E-state index contributed by atoms with van der Waals surface area (Å²) in [4.78, 5) is 30.7. The average Bonchev–Trinajstić information content (AvgIpc) is 3.18. The number of rotatable bonds is 4. The number of piperidine rings is 1. The molecule has 134 valence electrons. The van der Waals surface area contributed by atoms with Gasteiger partial charge in [-0.15, -0.1) is 0 Å². The standard InChI is InChI=1S/C17H23N5O3/c1-10-4-6-22(7-5-10)17(24)15-12(3)25-14(19-15)9-18-16(23)13-8-11(2)20-21-13/h8,10H,4-7,9H2,1-3H3,(H,18,23)(H,20,21). The molecule has 0 saturated carbocycles. The maximum absolute atomic E-state index is 12.6. The Morgan fingerprint density at radius 2 is 2.08 bits per heavy atom. The Kier molecular flexibility index (Phi) is 4.87. The van der Waals surface area contributed by atoms with Crippen molar-refractivity contribution >= 4 is 11.8 Å². The van der Waals surface area contributed by atoms with E-state index >= 15 is 0 Å². The molecule has 0 atom stereocenters. The second kappa shape index (κ2) is 7.08. The molecule has 8 nitrogen and oxygen atoms in total. The highest BCUT2D eigenvalue weighted by molar-refractivity contribution is 5.93. The third-order valence-corrected chi connectivity index (χ3v) is 4.45. The Labute approximate surface area is 146 Å². The van der Waals surface area contributed by atoms with Gasteiger partial charge < -0.3 is 14.6 Å². The molecule has 0 aliphatic carbocycles. The minimum Gasteiger partial charge on any atom is -0.443 e. The van der Waals surface area contributed by atoms with Crippen LogP contribution in [0.2, 0.25) is 0 Å². The van der Waals surface area contributed by atoms with Gasteiger partial charge in [-0.2, -0.15) is 5.10 Å². The first kappa shape index (κ1) is 17.2. The van der Waals surface area contributed by atoms with Gasteiger partial charge in [-0.25, -0.2) is 4.98 Å². The number of carbonyl (C=O) groups is 2. The molecule has 3 heterocycles. The summed E-state index contributed by atoms with van der Waals surface area (Å²) in [5.74, 6) is 1.01. The van der Waals surface area contributed by atoms with Gasteiger partial charge in [0, 0.05) is 18.8 Å². The molecule has 0 spiro atoms. The van der Waals surface area contributed by atoms with E-state index in [1.54, 1.807) is 13.0 Å². The summed E-state index contributed by atoms with van der Waals surface area (Å²) >= 11 is 0. The zero-order valence-corrected chi connectivity index (χ0v) is 14.8. The second-order valence-electron chi connectivity index (χ2n) is 6.61. The summed E-state index contributed by atoms with van der Waals surface area (Å²) in [5, 5.41) is 9.30. The summed E-state index contributed by atoms with van der Waals surface area (Å²) in [6, 6.07) is 1.66. The van der Waals surface area contributed by atoms with Crippen molar-refractivity contribution in [3.05, 3.63) is 34.8 Å². The van der Waals surface area contributed by atoms with Crippen LogP contribution in [0, 0.1) is 19.8 Å². The fourth-order valence-corrected chi connectivity index (χ4v) is 2.87. The molecular formula is C17H23N5O3. The lowest BCUT2D eigenvalue weighted by molar-refractivity contribution is 0.0690. The lowest BCUT2D eigenvalue weighted by Crippen LogP contribution is -2.38. The van der Waals surface area contributed by atoms with Crippen LogP contribution in [-0.2, 0) is 6.54 Å². The number of likely N-dealkylation sites (tertiary alicyclic amines) is 1. The van der Waals surface area contributed by atoms with Crippen LogP contribution in [0.15, 0.2) is 10.5 Å². The van der Waals surface area contributed by atoms with E-state index in [9.17, 15) is 9.59 Å². The largest absolute Gasteiger partial charge is 0.443 e. The fraction of sp³-hybridized carbons (Fsp3) is 0.529. The van der Waals surface area contributed by atoms with Gasteiger partial charge in [-0.3, -0.25) is 14.7 Å². The van der Waals surface area contributed by atoms with Gasteiger partial charge in [0.2, 0.25) is 5.89 Å². The van der Waals surface area contributed by atoms with Crippen molar-refractivity contribution in [2.45, 2.75) is 40.2 Å². The number of H-pyrrole nitrogens is 1. The van der Waals surface area contributed by atoms with Gasteiger partial charge in [-0.1, -0.05) is 6.92 Å². The Morgan fingerprint density at radius 1 is 1.36 bits per heavy atom. The predicted molar refractivity (Wildman–Crippen MR) is 90.0 cm³/mol. The summed E-state index contributed by atoms with van der Waals surface area (Å²) in [7, 11) is 0. The highest BCUT2D eigenvalue weighted by atomic mass is 16.4. The van der Waals surface area contributed by atoms with Gasteiger partial charge in [0.05, 0.1) is 6.54 Å². The maximum Gasteiger partial charge on any atom is 0.276 e. The number of amides is 2. The van der Waals surface area contributed by atoms with Crippen LogP contribution in [0.1, 0.15) is 58.1 Å². The first-order valence-corrected chi connectivity index (χ1v) is 8.50. The molecule has 0 unspecified atom stereocenters. The lowest BCUT2D eigenvalue weighted by Gasteiger charge is -2.29. The maximum atomic E-state index is 12.6. The summed E-state index contributed by atoms with van der Waals surface area (Å²) in [6.45, 7) is 7.34. The molecule has 2 amide bonds. The number of aromatic nitrogens is 3. The van der Waals surface area contributed by atoms with E-state index in [4.69, 9.17) is 4.42 Å². The van der Waals surface area contributed by atoms with Crippen molar-refractivity contribution in [3.8, 4) is 0 Å². The molecule has 3 rings (SSSR count). The van der Waals surface area contributed by atoms with Gasteiger partial charge in [0.25, 0.3) is 11.8 Å². The number of nitrogens with zero attached hydrogens (tertiary/aromatic N) is 3. The monoisotopic (exact) mass is 345 g/mol. The van der Waals surface area contributed by atoms with E-state index < -0.39 is 0 Å². The van der Waals surface area contributed by atoms with Gasteiger partial charge >= 0.3 is 0 Å². The molecule has 1 fully saturated rings. The molecular weight excluding hydrogens is 322 g/mol. The Morgan fingerprint density at radius 3 is 2.72 bits per heavy atom. The zero-order chi connectivity index (χ0) is 18.0. The number of carbonyl (C=O) groups excluding carboxylic acids is 2. The minimum absolute atomic E-state index is 0.103. The minimum atomic E-state index is -0.321. The molecule has 8 heteroatoms. The van der Waals surface area contributed by atoms with E-state index in [1.165, 1.54) is 0 Å². The van der Waals surface area contributed by atoms with Gasteiger partial charge in [-0.05, 0) is 38.7 Å². The van der Waals surface area contributed by atoms with Crippen LogP contribution < -0.4 is 5.32 Å². The number of hydrogen-bond acceptors (Lipinski definition) is 5. The van der Waals surface area contributed by atoms with Crippen molar-refractivity contribution in [3.63, 3.8) is 0 Å². The van der Waals surface area contributed by atoms with Gasteiger partial charge in [0.1, 0.15) is 11.5 Å². The normalized spacial score (nSPS) is 15.4. The van der Waals surface area contributed by atoms with E-state index in [-0.39, 0.29) is 18.4 Å². The third kappa shape index (κ3) is 3.89. The van der Waals surface area contributed by atoms with E-state index in [0.717, 1.165) is 31.6 Å². The highest BCUT2D eigenvalue weighted by Gasteiger charge is 2.26. The Hall–Kier alpha value is -2.64. The van der Waals surface area contributed by atoms with E-state index in [2.05, 4.69) is 27.4 Å². The van der Waals surface area contributed by atoms with Crippen LogP contribution in [0.25, 0.3) is 0 Å². The van der Waals surface area contributed by atoms with E-state index in [1.807, 2.05) is 11.8 Å². The second-order valence-corrected chi connectivity index (χ2v) is 6.61. The number of aromatic amines is 1. The zero-order valence-electron chi connectivity index (χ0n) is 14.8. The molecule has 2 N–H and O–H groups in total. The first-order chi connectivity index (χ1) is 11.9.